The zero-order chi connectivity index (χ0) is 35.7. The van der Waals surface area contributed by atoms with E-state index in [0.717, 1.165) is 44.5 Å². The van der Waals surface area contributed by atoms with Gasteiger partial charge in [-0.2, -0.15) is 13.2 Å². The summed E-state index contributed by atoms with van der Waals surface area (Å²) in [6, 6.07) is 17.6. The van der Waals surface area contributed by atoms with Crippen molar-refractivity contribution in [2.75, 3.05) is 42.8 Å². The number of anilines is 3. The molecule has 11 nitrogen and oxygen atoms in total. The number of ether oxygens (including phenoxy) is 2. The minimum absolute atomic E-state index is 0.00233. The van der Waals surface area contributed by atoms with Crippen LogP contribution in [0.25, 0.3) is 0 Å². The number of esters is 2. The zero-order valence-electron chi connectivity index (χ0n) is 26.9. The molecular formula is C36H31F3N4O7. The number of aromatic nitrogens is 1. The Morgan fingerprint density at radius 1 is 0.740 bits per heavy atom. The molecule has 50 heavy (non-hydrogen) atoms. The highest BCUT2D eigenvalue weighted by Gasteiger charge is 2.36. The second kappa shape index (κ2) is 13.5. The van der Waals surface area contributed by atoms with Crippen molar-refractivity contribution in [1.82, 2.24) is 4.57 Å². The van der Waals surface area contributed by atoms with Crippen LogP contribution in [-0.4, -0.2) is 55.6 Å². The summed E-state index contributed by atoms with van der Waals surface area (Å²) >= 11 is 0. The number of hydrogen-bond acceptors (Lipinski definition) is 8. The number of hydrogen-bond donors (Lipinski definition) is 2. The van der Waals surface area contributed by atoms with Crippen LogP contribution in [0.1, 0.15) is 65.0 Å². The Labute approximate surface area is 283 Å². The van der Waals surface area contributed by atoms with Gasteiger partial charge in [0, 0.05) is 54.1 Å². The minimum Gasteiger partial charge on any atom is -0.465 e. The van der Waals surface area contributed by atoms with Crippen LogP contribution in [-0.2, 0) is 22.2 Å². The molecule has 3 heterocycles. The van der Waals surface area contributed by atoms with Gasteiger partial charge in [0.1, 0.15) is 0 Å². The SMILES string of the molecule is COC(=O)c1cc(NC(=O)c2ccc(N3C[C@H]4C[C@@H](C3)c3cccc(=O)n3C4)c(NC(=O)c3cccc(C(F)(F)F)c3)c2)cc(C(=O)OC)c1. The van der Waals surface area contributed by atoms with E-state index in [0.29, 0.717) is 25.3 Å². The van der Waals surface area contributed by atoms with Gasteiger partial charge < -0.3 is 29.6 Å². The van der Waals surface area contributed by atoms with Crippen molar-refractivity contribution in [3.63, 3.8) is 0 Å². The first-order valence-electron chi connectivity index (χ1n) is 15.5. The molecule has 1 aromatic heterocycles. The topological polar surface area (TPSA) is 136 Å². The number of amides is 2. The number of pyridine rings is 1. The number of rotatable bonds is 7. The molecule has 2 bridgehead atoms. The van der Waals surface area contributed by atoms with Crippen LogP contribution >= 0.6 is 0 Å². The Kier molecular flexibility index (Phi) is 9.19. The Bertz CT molecular complexity index is 2040. The fourth-order valence-electron chi connectivity index (χ4n) is 6.55. The van der Waals surface area contributed by atoms with Gasteiger partial charge in [0.05, 0.1) is 42.3 Å². The summed E-state index contributed by atoms with van der Waals surface area (Å²) in [5.74, 6) is -2.91. The van der Waals surface area contributed by atoms with Crippen LogP contribution in [0.2, 0.25) is 0 Å². The summed E-state index contributed by atoms with van der Waals surface area (Å²) in [5.41, 5.74) is 0.392. The number of benzene rings is 3. The van der Waals surface area contributed by atoms with Gasteiger partial charge in [-0.15, -0.1) is 0 Å². The number of methoxy groups -OCH3 is 2. The minimum atomic E-state index is -4.66. The standard InChI is InChI=1S/C36H31F3N4O7/c1-49-34(47)23-12-24(35(48)50-2)15-27(14-23)40-32(45)22-9-10-30(28(16-22)41-33(46)21-5-3-6-26(13-21)36(37,38)39)42-17-20-11-25(19-42)29-7-4-8-31(44)43(29)18-20/h3-10,12-16,20,25H,11,17-19H2,1-2H3,(H,40,45)(H,41,46)/t20-,25+/m1/s1. The average Bonchev–Trinajstić information content (AvgIpc) is 3.10. The highest BCUT2D eigenvalue weighted by molar-refractivity contribution is 6.10. The molecule has 2 aliphatic rings. The van der Waals surface area contributed by atoms with E-state index in [1.54, 1.807) is 16.7 Å². The number of piperidine rings is 1. The molecule has 0 spiro atoms. The van der Waals surface area contributed by atoms with Crippen molar-refractivity contribution < 1.29 is 41.8 Å². The number of fused-ring (bicyclic) bond motifs is 4. The predicted molar refractivity (Wildman–Crippen MR) is 177 cm³/mol. The van der Waals surface area contributed by atoms with Crippen molar-refractivity contribution in [2.45, 2.75) is 25.1 Å². The molecule has 1 saturated heterocycles. The average molecular weight is 689 g/mol. The monoisotopic (exact) mass is 688 g/mol. The smallest absolute Gasteiger partial charge is 0.416 e. The van der Waals surface area contributed by atoms with Crippen LogP contribution in [0.3, 0.4) is 0 Å². The second-order valence-electron chi connectivity index (χ2n) is 12.1. The lowest BCUT2D eigenvalue weighted by Gasteiger charge is -2.44. The Hall–Kier alpha value is -5.92. The van der Waals surface area contributed by atoms with E-state index in [1.165, 1.54) is 42.5 Å². The van der Waals surface area contributed by atoms with E-state index >= 15 is 0 Å². The third kappa shape index (κ3) is 6.95. The molecule has 2 aliphatic heterocycles. The van der Waals surface area contributed by atoms with E-state index in [4.69, 9.17) is 9.47 Å². The maximum Gasteiger partial charge on any atom is 0.416 e. The quantitative estimate of drug-likeness (QED) is 0.241. The molecule has 0 radical (unpaired) electrons. The number of alkyl halides is 3. The van der Waals surface area contributed by atoms with Gasteiger partial charge in [0.25, 0.3) is 17.4 Å². The second-order valence-corrected chi connectivity index (χ2v) is 12.1. The van der Waals surface area contributed by atoms with Gasteiger partial charge in [0.2, 0.25) is 0 Å². The molecule has 14 heteroatoms. The first-order valence-corrected chi connectivity index (χ1v) is 15.5. The molecule has 0 aliphatic carbocycles. The predicted octanol–water partition coefficient (Wildman–Crippen LogP) is 5.57. The van der Waals surface area contributed by atoms with E-state index < -0.39 is 35.5 Å². The third-order valence-corrected chi connectivity index (χ3v) is 8.81. The lowest BCUT2D eigenvalue weighted by atomic mass is 9.83. The molecule has 258 valence electrons. The lowest BCUT2D eigenvalue weighted by Crippen LogP contribution is -2.47. The molecule has 3 aromatic carbocycles. The number of halogens is 3. The molecule has 4 aromatic rings. The maximum atomic E-state index is 13.6. The maximum absolute atomic E-state index is 13.6. The Morgan fingerprint density at radius 2 is 1.40 bits per heavy atom. The Morgan fingerprint density at radius 3 is 2.08 bits per heavy atom. The van der Waals surface area contributed by atoms with Crippen LogP contribution in [0.5, 0.6) is 0 Å². The summed E-state index contributed by atoms with van der Waals surface area (Å²) in [6.07, 6.45) is -3.81. The summed E-state index contributed by atoms with van der Waals surface area (Å²) in [6.45, 7) is 1.51. The van der Waals surface area contributed by atoms with Gasteiger partial charge in [-0.05, 0) is 73.0 Å². The van der Waals surface area contributed by atoms with Crippen LogP contribution in [0, 0.1) is 5.92 Å². The van der Waals surface area contributed by atoms with Gasteiger partial charge in [-0.25, -0.2) is 9.59 Å². The fourth-order valence-corrected chi connectivity index (χ4v) is 6.55. The largest absolute Gasteiger partial charge is 0.465 e. The number of nitrogens with one attached hydrogen (secondary N) is 2. The molecule has 2 amide bonds. The van der Waals surface area contributed by atoms with E-state index in [2.05, 4.69) is 10.6 Å². The molecule has 0 saturated carbocycles. The molecule has 2 atom stereocenters. The van der Waals surface area contributed by atoms with Crippen molar-refractivity contribution in [3.05, 3.63) is 123 Å². The van der Waals surface area contributed by atoms with E-state index in [9.17, 15) is 37.1 Å². The molecule has 0 unspecified atom stereocenters. The summed E-state index contributed by atoms with van der Waals surface area (Å²) in [5, 5.41) is 5.36. The van der Waals surface area contributed by atoms with E-state index in [-0.39, 0.29) is 51.0 Å². The van der Waals surface area contributed by atoms with Crippen LogP contribution in [0.15, 0.2) is 83.7 Å². The normalized spacial score (nSPS) is 16.5. The van der Waals surface area contributed by atoms with Gasteiger partial charge >= 0.3 is 18.1 Å². The lowest BCUT2D eigenvalue weighted by molar-refractivity contribution is -0.137. The van der Waals surface area contributed by atoms with Crippen molar-refractivity contribution in [2.24, 2.45) is 5.92 Å². The van der Waals surface area contributed by atoms with Crippen molar-refractivity contribution in [1.29, 1.82) is 0 Å². The number of carbonyl (C=O) groups is 4. The zero-order valence-corrected chi connectivity index (χ0v) is 26.9. The van der Waals surface area contributed by atoms with Gasteiger partial charge in [-0.1, -0.05) is 12.1 Å². The van der Waals surface area contributed by atoms with E-state index in [1.807, 2.05) is 11.0 Å². The molecule has 1 fully saturated rings. The first kappa shape index (κ1) is 34.0. The molecular weight excluding hydrogens is 657 g/mol. The van der Waals surface area contributed by atoms with Crippen molar-refractivity contribution >= 4 is 40.8 Å². The first-order chi connectivity index (χ1) is 23.8. The van der Waals surface area contributed by atoms with Crippen LogP contribution < -0.4 is 21.1 Å². The summed E-state index contributed by atoms with van der Waals surface area (Å²) in [4.78, 5) is 66.1. The highest BCUT2D eigenvalue weighted by atomic mass is 19.4. The number of carbonyl (C=O) groups excluding carboxylic acids is 4. The Balaban J connectivity index is 1.35. The summed E-state index contributed by atoms with van der Waals surface area (Å²) in [7, 11) is 2.33. The summed E-state index contributed by atoms with van der Waals surface area (Å²) < 4.78 is 51.7. The van der Waals surface area contributed by atoms with Crippen LogP contribution in [0.4, 0.5) is 30.2 Å². The van der Waals surface area contributed by atoms with Gasteiger partial charge in [0.15, 0.2) is 0 Å². The van der Waals surface area contributed by atoms with Gasteiger partial charge in [-0.3, -0.25) is 14.4 Å². The molecule has 6 rings (SSSR count). The fraction of sp³-hybridized carbons (Fsp3) is 0.250. The van der Waals surface area contributed by atoms with Crippen molar-refractivity contribution in [3.8, 4) is 0 Å². The molecule has 2 N–H and O–H groups in total. The number of nitrogens with zero attached hydrogens (tertiary/aromatic N) is 2. The third-order valence-electron chi connectivity index (χ3n) is 8.81. The highest BCUT2D eigenvalue weighted by Crippen LogP contribution is 2.40.